The van der Waals surface area contributed by atoms with Crippen LogP contribution in [0.5, 0.6) is 0 Å². The predicted octanol–water partition coefficient (Wildman–Crippen LogP) is 5.37. The Labute approximate surface area is 122 Å². The summed E-state index contributed by atoms with van der Waals surface area (Å²) >= 11 is 6.00. The van der Waals surface area contributed by atoms with Gasteiger partial charge in [-0.2, -0.15) is 0 Å². The zero-order valence-electron chi connectivity index (χ0n) is 11.8. The van der Waals surface area contributed by atoms with Crippen molar-refractivity contribution in [2.45, 2.75) is 58.0 Å². The molecule has 0 saturated heterocycles. The number of hydrogen-bond acceptors (Lipinski definition) is 1. The van der Waals surface area contributed by atoms with E-state index >= 15 is 0 Å². The molecule has 106 valence electrons. The van der Waals surface area contributed by atoms with E-state index in [1.807, 2.05) is 24.3 Å². The van der Waals surface area contributed by atoms with E-state index in [1.54, 1.807) is 0 Å². The number of rotatable bonds is 5. The molecule has 0 aromatic heterocycles. The number of aliphatic hydroxyl groups excluding tert-OH is 1. The second kappa shape index (κ2) is 7.31. The van der Waals surface area contributed by atoms with Crippen molar-refractivity contribution in [1.29, 1.82) is 0 Å². The quantitative estimate of drug-likeness (QED) is 0.769. The number of halogens is 1. The van der Waals surface area contributed by atoms with Crippen molar-refractivity contribution in [2.75, 3.05) is 0 Å². The molecule has 0 spiro atoms. The lowest BCUT2D eigenvalue weighted by Crippen LogP contribution is -2.20. The topological polar surface area (TPSA) is 20.2 Å². The van der Waals surface area contributed by atoms with Crippen molar-refractivity contribution in [2.24, 2.45) is 11.8 Å². The minimum Gasteiger partial charge on any atom is -0.388 e. The van der Waals surface area contributed by atoms with Crippen molar-refractivity contribution < 1.29 is 5.11 Å². The van der Waals surface area contributed by atoms with Crippen LogP contribution in [-0.4, -0.2) is 5.11 Å². The molecule has 1 fully saturated rings. The van der Waals surface area contributed by atoms with Crippen molar-refractivity contribution >= 4 is 11.6 Å². The highest BCUT2D eigenvalue weighted by Gasteiger charge is 2.27. The summed E-state index contributed by atoms with van der Waals surface area (Å²) in [6.45, 7) is 2.26. The number of aliphatic hydroxyl groups is 1. The lowest BCUT2D eigenvalue weighted by Gasteiger charge is -2.31. The highest BCUT2D eigenvalue weighted by molar-refractivity contribution is 6.30. The molecule has 1 atom stereocenters. The smallest absolute Gasteiger partial charge is 0.0818 e. The Balaban J connectivity index is 1.87. The van der Waals surface area contributed by atoms with Crippen molar-refractivity contribution in [3.63, 3.8) is 0 Å². The highest BCUT2D eigenvalue weighted by Crippen LogP contribution is 2.38. The van der Waals surface area contributed by atoms with E-state index in [9.17, 15) is 5.11 Å². The van der Waals surface area contributed by atoms with Crippen molar-refractivity contribution in [3.05, 3.63) is 34.9 Å². The van der Waals surface area contributed by atoms with Gasteiger partial charge in [0.1, 0.15) is 0 Å². The summed E-state index contributed by atoms with van der Waals surface area (Å²) in [5.41, 5.74) is 0.976. The van der Waals surface area contributed by atoms with E-state index in [2.05, 4.69) is 6.92 Å². The monoisotopic (exact) mass is 280 g/mol. The van der Waals surface area contributed by atoms with E-state index in [0.29, 0.717) is 10.9 Å². The minimum absolute atomic E-state index is 0.342. The van der Waals surface area contributed by atoms with Gasteiger partial charge in [-0.3, -0.25) is 0 Å². The molecule has 0 amide bonds. The second-order valence-corrected chi connectivity index (χ2v) is 6.36. The molecule has 1 aromatic rings. The zero-order chi connectivity index (χ0) is 13.7. The van der Waals surface area contributed by atoms with E-state index < -0.39 is 0 Å². The number of benzene rings is 1. The van der Waals surface area contributed by atoms with Gasteiger partial charge in [-0.15, -0.1) is 0 Å². The molecule has 19 heavy (non-hydrogen) atoms. The van der Waals surface area contributed by atoms with E-state index in [4.69, 9.17) is 11.6 Å². The Hall–Kier alpha value is -0.530. The molecule has 1 aromatic carbocycles. The van der Waals surface area contributed by atoms with Crippen LogP contribution in [0.4, 0.5) is 0 Å². The Morgan fingerprint density at radius 1 is 1.26 bits per heavy atom. The Morgan fingerprint density at radius 2 is 2.00 bits per heavy atom. The molecule has 1 aliphatic rings. The van der Waals surface area contributed by atoms with Gasteiger partial charge in [0, 0.05) is 5.02 Å². The van der Waals surface area contributed by atoms with Crippen LogP contribution in [0.25, 0.3) is 0 Å². The minimum atomic E-state index is -0.342. The van der Waals surface area contributed by atoms with Gasteiger partial charge < -0.3 is 5.11 Å². The zero-order valence-corrected chi connectivity index (χ0v) is 12.6. The first-order chi connectivity index (χ1) is 9.20. The maximum atomic E-state index is 10.5. The summed E-state index contributed by atoms with van der Waals surface area (Å²) < 4.78 is 0. The summed E-state index contributed by atoms with van der Waals surface area (Å²) in [7, 11) is 0. The van der Waals surface area contributed by atoms with Crippen LogP contribution in [0, 0.1) is 11.8 Å². The van der Waals surface area contributed by atoms with Crippen LogP contribution in [-0.2, 0) is 0 Å². The summed E-state index contributed by atoms with van der Waals surface area (Å²) in [5.74, 6) is 1.30. The largest absolute Gasteiger partial charge is 0.388 e. The summed E-state index contributed by atoms with van der Waals surface area (Å²) in [4.78, 5) is 0. The molecule has 2 heteroatoms. The fraction of sp³-hybridized carbons (Fsp3) is 0.647. The van der Waals surface area contributed by atoms with E-state index in [0.717, 1.165) is 24.3 Å². The van der Waals surface area contributed by atoms with Crippen LogP contribution in [0.3, 0.4) is 0 Å². The maximum Gasteiger partial charge on any atom is 0.0818 e. The summed E-state index contributed by atoms with van der Waals surface area (Å²) in [5, 5.41) is 11.2. The van der Waals surface area contributed by atoms with Gasteiger partial charge in [-0.1, -0.05) is 62.8 Å². The van der Waals surface area contributed by atoms with Gasteiger partial charge in [0.05, 0.1) is 6.10 Å². The van der Waals surface area contributed by atoms with Crippen LogP contribution < -0.4 is 0 Å². The summed E-state index contributed by atoms with van der Waals surface area (Å²) in [6.07, 6.45) is 8.55. The predicted molar refractivity (Wildman–Crippen MR) is 81.4 cm³/mol. The molecule has 1 aliphatic carbocycles. The first kappa shape index (κ1) is 14.9. The SMILES string of the molecule is CCCCC1CCC(C(O)c2cccc(Cl)c2)CC1. The van der Waals surface area contributed by atoms with Gasteiger partial charge >= 0.3 is 0 Å². The molecular formula is C17H25ClO. The highest BCUT2D eigenvalue weighted by atomic mass is 35.5. The van der Waals surface area contributed by atoms with Gasteiger partial charge in [0.2, 0.25) is 0 Å². The Bertz CT molecular complexity index is 383. The lowest BCUT2D eigenvalue weighted by molar-refractivity contribution is 0.0720. The van der Waals surface area contributed by atoms with Gasteiger partial charge in [-0.25, -0.2) is 0 Å². The van der Waals surface area contributed by atoms with Crippen LogP contribution >= 0.6 is 11.6 Å². The van der Waals surface area contributed by atoms with E-state index in [-0.39, 0.29) is 6.10 Å². The van der Waals surface area contributed by atoms with Crippen LogP contribution in [0.1, 0.15) is 63.5 Å². The molecule has 1 nitrogen and oxygen atoms in total. The molecule has 0 aliphatic heterocycles. The van der Waals surface area contributed by atoms with E-state index in [1.165, 1.54) is 32.1 Å². The number of hydrogen-bond donors (Lipinski definition) is 1. The Kier molecular flexibility index (Phi) is 5.72. The standard InChI is InChI=1S/C17H25ClO/c1-2-3-5-13-8-10-14(11-9-13)17(19)15-6-4-7-16(18)12-15/h4,6-7,12-14,17,19H,2-3,5,8-11H2,1H3. The first-order valence-electron chi connectivity index (χ1n) is 7.64. The van der Waals surface area contributed by atoms with Crippen LogP contribution in [0.2, 0.25) is 5.02 Å². The number of unbranched alkanes of at least 4 members (excludes halogenated alkanes) is 1. The summed E-state index contributed by atoms with van der Waals surface area (Å²) in [6, 6.07) is 7.67. The van der Waals surface area contributed by atoms with Gasteiger partial charge in [-0.05, 0) is 42.4 Å². The lowest BCUT2D eigenvalue weighted by atomic mass is 9.76. The molecule has 1 unspecified atom stereocenters. The average Bonchev–Trinajstić information content (AvgIpc) is 2.45. The normalized spacial score (nSPS) is 25.2. The fourth-order valence-corrected chi connectivity index (χ4v) is 3.45. The molecule has 0 bridgehead atoms. The van der Waals surface area contributed by atoms with Crippen molar-refractivity contribution in [1.82, 2.24) is 0 Å². The van der Waals surface area contributed by atoms with Crippen molar-refractivity contribution in [3.8, 4) is 0 Å². The molecule has 0 radical (unpaired) electrons. The molecular weight excluding hydrogens is 256 g/mol. The molecule has 0 heterocycles. The van der Waals surface area contributed by atoms with Gasteiger partial charge in [0.25, 0.3) is 0 Å². The third-order valence-electron chi connectivity index (χ3n) is 4.49. The third-order valence-corrected chi connectivity index (χ3v) is 4.73. The first-order valence-corrected chi connectivity index (χ1v) is 8.02. The average molecular weight is 281 g/mol. The molecule has 1 saturated carbocycles. The Morgan fingerprint density at radius 3 is 2.63 bits per heavy atom. The third kappa shape index (κ3) is 4.22. The maximum absolute atomic E-state index is 10.5. The molecule has 2 rings (SSSR count). The van der Waals surface area contributed by atoms with Crippen LogP contribution in [0.15, 0.2) is 24.3 Å². The molecule has 1 N–H and O–H groups in total. The fourth-order valence-electron chi connectivity index (χ4n) is 3.25. The second-order valence-electron chi connectivity index (χ2n) is 5.92. The van der Waals surface area contributed by atoms with Gasteiger partial charge in [0.15, 0.2) is 0 Å².